The van der Waals surface area contributed by atoms with Crippen LogP contribution in [-0.4, -0.2) is 29.6 Å². The third-order valence-corrected chi connectivity index (χ3v) is 4.26. The fourth-order valence-corrected chi connectivity index (χ4v) is 3.03. The average Bonchev–Trinajstić information content (AvgIpc) is 2.30. The van der Waals surface area contributed by atoms with Crippen LogP contribution >= 0.6 is 0 Å². The molecule has 0 radical (unpaired) electrons. The molecule has 1 aromatic carbocycles. The number of nitrogens with zero attached hydrogens (tertiary/aromatic N) is 1. The molecule has 1 aliphatic rings. The molecular weight excluding hydrogens is 232 g/mol. The molecule has 1 N–H and O–H groups in total. The van der Waals surface area contributed by atoms with Gasteiger partial charge in [0.2, 0.25) is 0 Å². The van der Waals surface area contributed by atoms with Gasteiger partial charge in [-0.25, -0.2) is 0 Å². The lowest BCUT2D eigenvalue weighted by Crippen LogP contribution is -2.62. The SMILES string of the molecule is Cc1ccccc1CN1CC(C)(C)NCC1C(C)C. The lowest BCUT2D eigenvalue weighted by molar-refractivity contribution is 0.0626. The van der Waals surface area contributed by atoms with Gasteiger partial charge in [-0.3, -0.25) is 4.90 Å². The van der Waals surface area contributed by atoms with Crippen molar-refractivity contribution in [3.05, 3.63) is 35.4 Å². The van der Waals surface area contributed by atoms with E-state index in [4.69, 9.17) is 0 Å². The molecule has 2 rings (SSSR count). The molecule has 19 heavy (non-hydrogen) atoms. The Bertz CT molecular complexity index is 423. The summed E-state index contributed by atoms with van der Waals surface area (Å²) in [7, 11) is 0. The topological polar surface area (TPSA) is 15.3 Å². The fraction of sp³-hybridized carbons (Fsp3) is 0.647. The van der Waals surface area contributed by atoms with Gasteiger partial charge in [-0.2, -0.15) is 0 Å². The quantitative estimate of drug-likeness (QED) is 0.898. The van der Waals surface area contributed by atoms with Crippen molar-refractivity contribution < 1.29 is 0 Å². The van der Waals surface area contributed by atoms with Gasteiger partial charge in [0.25, 0.3) is 0 Å². The Morgan fingerprint density at radius 2 is 2.00 bits per heavy atom. The Kier molecular flexibility index (Phi) is 4.32. The van der Waals surface area contributed by atoms with Crippen LogP contribution in [0.4, 0.5) is 0 Å². The van der Waals surface area contributed by atoms with E-state index in [9.17, 15) is 0 Å². The van der Waals surface area contributed by atoms with Crippen LogP contribution in [0.2, 0.25) is 0 Å². The maximum absolute atomic E-state index is 3.68. The monoisotopic (exact) mass is 260 g/mol. The third kappa shape index (κ3) is 3.58. The van der Waals surface area contributed by atoms with E-state index in [1.807, 2.05) is 0 Å². The zero-order chi connectivity index (χ0) is 14.0. The number of hydrogen-bond donors (Lipinski definition) is 1. The van der Waals surface area contributed by atoms with Crippen LogP contribution in [0.25, 0.3) is 0 Å². The Labute approximate surface area is 118 Å². The van der Waals surface area contributed by atoms with Gasteiger partial charge in [-0.1, -0.05) is 38.1 Å². The van der Waals surface area contributed by atoms with Crippen LogP contribution in [0, 0.1) is 12.8 Å². The van der Waals surface area contributed by atoms with E-state index >= 15 is 0 Å². The van der Waals surface area contributed by atoms with Gasteiger partial charge < -0.3 is 5.32 Å². The van der Waals surface area contributed by atoms with Crippen LogP contribution in [-0.2, 0) is 6.54 Å². The smallest absolute Gasteiger partial charge is 0.0253 e. The molecule has 0 bridgehead atoms. The number of nitrogens with one attached hydrogen (secondary N) is 1. The van der Waals surface area contributed by atoms with Crippen LogP contribution < -0.4 is 5.32 Å². The minimum atomic E-state index is 0.216. The highest BCUT2D eigenvalue weighted by Gasteiger charge is 2.33. The second kappa shape index (κ2) is 5.64. The molecule has 0 aromatic heterocycles. The van der Waals surface area contributed by atoms with Gasteiger partial charge in [0.05, 0.1) is 0 Å². The van der Waals surface area contributed by atoms with E-state index in [0.29, 0.717) is 12.0 Å². The lowest BCUT2D eigenvalue weighted by Gasteiger charge is -2.46. The maximum Gasteiger partial charge on any atom is 0.0253 e. The molecule has 0 spiro atoms. The first-order valence-electron chi connectivity index (χ1n) is 7.42. The molecule has 1 atom stereocenters. The van der Waals surface area contributed by atoms with Crippen molar-refractivity contribution in [3.63, 3.8) is 0 Å². The molecule has 1 aromatic rings. The van der Waals surface area contributed by atoms with Crippen LogP contribution in [0.15, 0.2) is 24.3 Å². The third-order valence-electron chi connectivity index (χ3n) is 4.26. The van der Waals surface area contributed by atoms with Crippen LogP contribution in [0.5, 0.6) is 0 Å². The number of rotatable bonds is 3. The number of benzene rings is 1. The highest BCUT2D eigenvalue weighted by Crippen LogP contribution is 2.23. The second-order valence-electron chi connectivity index (χ2n) is 6.91. The standard InChI is InChI=1S/C17H28N2/c1-13(2)16-10-18-17(4,5)12-19(16)11-15-9-7-6-8-14(15)3/h6-9,13,16,18H,10-12H2,1-5H3. The van der Waals surface area contributed by atoms with E-state index in [0.717, 1.165) is 19.6 Å². The lowest BCUT2D eigenvalue weighted by atomic mass is 9.92. The summed E-state index contributed by atoms with van der Waals surface area (Å²) in [6, 6.07) is 9.39. The van der Waals surface area contributed by atoms with Crippen LogP contribution in [0.3, 0.4) is 0 Å². The second-order valence-corrected chi connectivity index (χ2v) is 6.91. The molecule has 1 aliphatic heterocycles. The van der Waals surface area contributed by atoms with Crippen molar-refractivity contribution >= 4 is 0 Å². The molecule has 0 amide bonds. The summed E-state index contributed by atoms with van der Waals surface area (Å²) in [5, 5.41) is 3.68. The first-order valence-corrected chi connectivity index (χ1v) is 7.42. The van der Waals surface area contributed by atoms with E-state index in [1.54, 1.807) is 0 Å². The first-order chi connectivity index (χ1) is 8.89. The Balaban J connectivity index is 2.16. The zero-order valence-corrected chi connectivity index (χ0v) is 13.0. The van der Waals surface area contributed by atoms with Crippen molar-refractivity contribution in [3.8, 4) is 0 Å². The summed E-state index contributed by atoms with van der Waals surface area (Å²) < 4.78 is 0. The highest BCUT2D eigenvalue weighted by atomic mass is 15.2. The summed E-state index contributed by atoms with van der Waals surface area (Å²) in [4.78, 5) is 2.66. The molecule has 1 fully saturated rings. The predicted octanol–water partition coefficient (Wildman–Crippen LogP) is 3.20. The molecule has 106 valence electrons. The summed E-state index contributed by atoms with van der Waals surface area (Å²) in [5.41, 5.74) is 3.08. The molecule has 1 heterocycles. The largest absolute Gasteiger partial charge is 0.309 e. The molecule has 1 saturated heterocycles. The fourth-order valence-electron chi connectivity index (χ4n) is 3.03. The van der Waals surface area contributed by atoms with Crippen LogP contribution in [0.1, 0.15) is 38.8 Å². The maximum atomic E-state index is 3.68. The minimum Gasteiger partial charge on any atom is -0.309 e. The van der Waals surface area contributed by atoms with Crippen molar-refractivity contribution in [2.24, 2.45) is 5.92 Å². The van der Waals surface area contributed by atoms with E-state index < -0.39 is 0 Å². The van der Waals surface area contributed by atoms with Gasteiger partial charge in [-0.05, 0) is 37.8 Å². The van der Waals surface area contributed by atoms with Gasteiger partial charge in [0.1, 0.15) is 0 Å². The summed E-state index contributed by atoms with van der Waals surface area (Å²) in [5.74, 6) is 0.688. The Morgan fingerprint density at radius 1 is 1.32 bits per heavy atom. The molecule has 2 nitrogen and oxygen atoms in total. The Morgan fingerprint density at radius 3 is 2.63 bits per heavy atom. The van der Waals surface area contributed by atoms with Crippen molar-refractivity contribution in [2.75, 3.05) is 13.1 Å². The van der Waals surface area contributed by atoms with Crippen molar-refractivity contribution in [1.82, 2.24) is 10.2 Å². The van der Waals surface area contributed by atoms with Gasteiger partial charge >= 0.3 is 0 Å². The van der Waals surface area contributed by atoms with Gasteiger partial charge in [-0.15, -0.1) is 0 Å². The molecule has 0 aliphatic carbocycles. The molecular formula is C17H28N2. The zero-order valence-electron chi connectivity index (χ0n) is 13.0. The van der Waals surface area contributed by atoms with Gasteiger partial charge in [0, 0.05) is 31.2 Å². The minimum absolute atomic E-state index is 0.216. The molecule has 0 saturated carbocycles. The van der Waals surface area contributed by atoms with E-state index in [-0.39, 0.29) is 5.54 Å². The summed E-state index contributed by atoms with van der Waals surface area (Å²) >= 11 is 0. The number of hydrogen-bond acceptors (Lipinski definition) is 2. The number of piperazine rings is 1. The van der Waals surface area contributed by atoms with Crippen molar-refractivity contribution in [1.29, 1.82) is 0 Å². The predicted molar refractivity (Wildman–Crippen MR) is 82.3 cm³/mol. The van der Waals surface area contributed by atoms with E-state index in [2.05, 4.69) is 69.1 Å². The molecule has 1 unspecified atom stereocenters. The highest BCUT2D eigenvalue weighted by molar-refractivity contribution is 5.25. The van der Waals surface area contributed by atoms with Crippen molar-refractivity contribution in [2.45, 2.75) is 52.7 Å². The van der Waals surface area contributed by atoms with Gasteiger partial charge in [0.15, 0.2) is 0 Å². The summed E-state index contributed by atoms with van der Waals surface area (Å²) in [6.07, 6.45) is 0. The normalized spacial score (nSPS) is 23.8. The average molecular weight is 260 g/mol. The Hall–Kier alpha value is -0.860. The molecule has 2 heteroatoms. The number of aryl methyl sites for hydroxylation is 1. The van der Waals surface area contributed by atoms with E-state index in [1.165, 1.54) is 11.1 Å². The summed E-state index contributed by atoms with van der Waals surface area (Å²) in [6.45, 7) is 14.8. The first kappa shape index (κ1) is 14.5.